The summed E-state index contributed by atoms with van der Waals surface area (Å²) in [5.41, 5.74) is 3.92. The Morgan fingerprint density at radius 2 is 1.41 bits per heavy atom. The molecule has 0 saturated heterocycles. The van der Waals surface area contributed by atoms with Gasteiger partial charge in [-0.1, -0.05) is 78.9 Å². The van der Waals surface area contributed by atoms with Crippen molar-refractivity contribution in [3.8, 4) is 0 Å². The number of benzene rings is 3. The van der Waals surface area contributed by atoms with E-state index in [-0.39, 0.29) is 5.78 Å². The number of para-hydroxylation sites is 1. The maximum atomic E-state index is 13.0. The van der Waals surface area contributed by atoms with E-state index in [1.165, 1.54) is 5.56 Å². The summed E-state index contributed by atoms with van der Waals surface area (Å²) in [5, 5.41) is 1.12. The van der Waals surface area contributed by atoms with Crippen molar-refractivity contribution in [2.24, 2.45) is 0 Å². The molecule has 0 aliphatic rings. The highest BCUT2D eigenvalue weighted by molar-refractivity contribution is 6.05. The molecule has 130 valence electrons. The first-order chi connectivity index (χ1) is 13.3. The number of carbonyl (C=O) groups excluding carboxylic acids is 1. The second-order valence-corrected chi connectivity index (χ2v) is 6.46. The molecule has 0 N–H and O–H groups in total. The van der Waals surface area contributed by atoms with E-state index >= 15 is 0 Å². The van der Waals surface area contributed by atoms with Crippen molar-refractivity contribution in [2.75, 3.05) is 0 Å². The van der Waals surface area contributed by atoms with Crippen LogP contribution in [0.15, 0.2) is 103 Å². The van der Waals surface area contributed by atoms with Gasteiger partial charge in [-0.15, -0.1) is 0 Å². The molecule has 4 rings (SSSR count). The largest absolute Gasteiger partial charge is 0.282 e. The lowest BCUT2D eigenvalue weighted by Gasteiger charge is -2.06. The van der Waals surface area contributed by atoms with Crippen molar-refractivity contribution in [1.29, 1.82) is 0 Å². The van der Waals surface area contributed by atoms with Gasteiger partial charge in [0.1, 0.15) is 0 Å². The van der Waals surface area contributed by atoms with Crippen LogP contribution in [0.1, 0.15) is 21.6 Å². The Bertz CT molecular complexity index is 1100. The normalized spacial score (nSPS) is 11.1. The summed E-state index contributed by atoms with van der Waals surface area (Å²) in [5.74, 6) is 0.000497. The van der Waals surface area contributed by atoms with Crippen molar-refractivity contribution in [1.82, 2.24) is 0 Å². The number of hydrogen-bond donors (Lipinski definition) is 0. The highest BCUT2D eigenvalue weighted by atomic mass is 16.1. The van der Waals surface area contributed by atoms with Crippen molar-refractivity contribution in [3.05, 3.63) is 120 Å². The van der Waals surface area contributed by atoms with E-state index in [4.69, 9.17) is 0 Å². The Labute approximate surface area is 159 Å². The topological polar surface area (TPSA) is 20.9 Å². The smallest absolute Gasteiger partial charge is 0.253 e. The van der Waals surface area contributed by atoms with Gasteiger partial charge in [0, 0.05) is 23.1 Å². The third kappa shape index (κ3) is 3.85. The zero-order valence-corrected chi connectivity index (χ0v) is 15.0. The number of ketones is 1. The fourth-order valence-corrected chi connectivity index (χ4v) is 3.24. The Kier molecular flexibility index (Phi) is 4.88. The molecule has 1 heterocycles. The lowest BCUT2D eigenvalue weighted by atomic mass is 10.1. The average molecular weight is 350 g/mol. The summed E-state index contributed by atoms with van der Waals surface area (Å²) >= 11 is 0. The summed E-state index contributed by atoms with van der Waals surface area (Å²) < 4.78 is 2.10. The highest BCUT2D eigenvalue weighted by Gasteiger charge is 2.20. The van der Waals surface area contributed by atoms with Crippen LogP contribution in [0.25, 0.3) is 17.0 Å². The van der Waals surface area contributed by atoms with E-state index in [0.717, 1.165) is 16.5 Å². The molecular formula is C25H20NO+. The van der Waals surface area contributed by atoms with E-state index in [0.29, 0.717) is 12.2 Å². The van der Waals surface area contributed by atoms with Gasteiger partial charge in [0.05, 0.1) is 0 Å². The molecule has 3 aromatic carbocycles. The van der Waals surface area contributed by atoms with Gasteiger partial charge in [0.2, 0.25) is 11.3 Å². The van der Waals surface area contributed by atoms with Crippen molar-refractivity contribution >= 4 is 22.8 Å². The Morgan fingerprint density at radius 3 is 2.19 bits per heavy atom. The van der Waals surface area contributed by atoms with Crippen LogP contribution < -0.4 is 4.57 Å². The predicted molar refractivity (Wildman–Crippen MR) is 109 cm³/mol. The van der Waals surface area contributed by atoms with Gasteiger partial charge in [-0.3, -0.25) is 4.79 Å². The number of nitrogens with zero attached hydrogens (tertiary/aromatic N) is 1. The number of pyridine rings is 1. The lowest BCUT2D eigenvalue weighted by molar-refractivity contribution is -0.664. The molecule has 0 spiro atoms. The number of allylic oxidation sites excluding steroid dienone is 1. The molecule has 2 nitrogen and oxygen atoms in total. The highest BCUT2D eigenvalue weighted by Crippen LogP contribution is 2.13. The minimum absolute atomic E-state index is 0.000497. The quantitative estimate of drug-likeness (QED) is 0.280. The maximum Gasteiger partial charge on any atom is 0.253 e. The molecule has 0 fully saturated rings. The first kappa shape index (κ1) is 16.9. The zero-order valence-electron chi connectivity index (χ0n) is 15.0. The molecule has 0 saturated carbocycles. The fourth-order valence-electron chi connectivity index (χ4n) is 3.24. The van der Waals surface area contributed by atoms with E-state index < -0.39 is 0 Å². The van der Waals surface area contributed by atoms with E-state index in [2.05, 4.69) is 28.8 Å². The number of hydrogen-bond acceptors (Lipinski definition) is 1. The average Bonchev–Trinajstić information content (AvgIpc) is 2.74. The lowest BCUT2D eigenvalue weighted by Crippen LogP contribution is -2.41. The molecular weight excluding hydrogens is 330 g/mol. The summed E-state index contributed by atoms with van der Waals surface area (Å²) in [4.78, 5) is 13.0. The fraction of sp³-hybridized carbons (Fsp3) is 0.0400. The summed E-state index contributed by atoms with van der Waals surface area (Å²) in [6.45, 7) is 0.655. The van der Waals surface area contributed by atoms with E-state index in [1.54, 1.807) is 6.08 Å². The molecule has 0 aliphatic heterocycles. The SMILES string of the molecule is O=C(C=Cc1ccccc1)c1ccc2ccccc2[n+]1Cc1ccccc1. The second-order valence-electron chi connectivity index (χ2n) is 6.46. The molecule has 4 aromatic rings. The van der Waals surface area contributed by atoms with Gasteiger partial charge >= 0.3 is 0 Å². The first-order valence-electron chi connectivity index (χ1n) is 9.04. The molecule has 1 aromatic heterocycles. The molecule has 0 aliphatic carbocycles. The Morgan fingerprint density at radius 1 is 0.741 bits per heavy atom. The van der Waals surface area contributed by atoms with Gasteiger partial charge in [-0.2, -0.15) is 4.57 Å². The van der Waals surface area contributed by atoms with E-state index in [1.807, 2.05) is 78.9 Å². The zero-order chi connectivity index (χ0) is 18.5. The number of rotatable bonds is 5. The summed E-state index contributed by atoms with van der Waals surface area (Å²) in [7, 11) is 0. The van der Waals surface area contributed by atoms with Gasteiger partial charge in [0.25, 0.3) is 5.69 Å². The van der Waals surface area contributed by atoms with Crippen molar-refractivity contribution in [3.63, 3.8) is 0 Å². The maximum absolute atomic E-state index is 13.0. The van der Waals surface area contributed by atoms with Crippen LogP contribution in [0, 0.1) is 0 Å². The number of fused-ring (bicyclic) bond motifs is 1. The number of carbonyl (C=O) groups is 1. The minimum atomic E-state index is 0.000497. The molecule has 0 atom stereocenters. The van der Waals surface area contributed by atoms with Crippen molar-refractivity contribution in [2.45, 2.75) is 6.54 Å². The van der Waals surface area contributed by atoms with Gasteiger partial charge in [0.15, 0.2) is 6.54 Å². The molecule has 0 bridgehead atoms. The van der Waals surface area contributed by atoms with Crippen LogP contribution in [0.2, 0.25) is 0 Å². The Balaban J connectivity index is 1.76. The van der Waals surface area contributed by atoms with Gasteiger partial charge in [-0.25, -0.2) is 0 Å². The van der Waals surface area contributed by atoms with Crippen LogP contribution in [0.3, 0.4) is 0 Å². The molecule has 0 unspecified atom stereocenters. The van der Waals surface area contributed by atoms with Gasteiger partial charge < -0.3 is 0 Å². The molecule has 0 radical (unpaired) electrons. The van der Waals surface area contributed by atoms with Crippen LogP contribution >= 0.6 is 0 Å². The monoisotopic (exact) mass is 350 g/mol. The third-order valence-corrected chi connectivity index (χ3v) is 4.60. The molecule has 27 heavy (non-hydrogen) atoms. The summed E-state index contributed by atoms with van der Waals surface area (Å²) in [6, 6.07) is 32.2. The minimum Gasteiger partial charge on any atom is -0.282 e. The standard InChI is InChI=1S/C25H20NO/c27-25(18-15-20-9-3-1-4-10-20)24-17-16-22-13-7-8-14-23(22)26(24)19-21-11-5-2-6-12-21/h1-18H,19H2/q+1. The van der Waals surface area contributed by atoms with Crippen molar-refractivity contribution < 1.29 is 9.36 Å². The van der Waals surface area contributed by atoms with Gasteiger partial charge in [-0.05, 0) is 23.8 Å². The predicted octanol–water partition coefficient (Wildman–Crippen LogP) is 5.07. The Hall–Kier alpha value is -3.52. The number of aromatic nitrogens is 1. The summed E-state index contributed by atoms with van der Waals surface area (Å²) in [6.07, 6.45) is 3.52. The second kappa shape index (κ2) is 7.79. The first-order valence-corrected chi connectivity index (χ1v) is 9.04. The van der Waals surface area contributed by atoms with Crippen LogP contribution in [-0.4, -0.2) is 5.78 Å². The van der Waals surface area contributed by atoms with Crippen LogP contribution in [0.5, 0.6) is 0 Å². The molecule has 2 heteroatoms. The molecule has 0 amide bonds. The van der Waals surface area contributed by atoms with E-state index in [9.17, 15) is 4.79 Å². The van der Waals surface area contributed by atoms with Crippen LogP contribution in [-0.2, 0) is 6.54 Å². The third-order valence-electron chi connectivity index (χ3n) is 4.60. The van der Waals surface area contributed by atoms with Crippen LogP contribution in [0.4, 0.5) is 0 Å².